The zero-order valence-electron chi connectivity index (χ0n) is 18.1. The van der Waals surface area contributed by atoms with Crippen LogP contribution < -0.4 is 10.1 Å². The Hall–Kier alpha value is -3.93. The quantitative estimate of drug-likeness (QED) is 0.458. The maximum absolute atomic E-state index is 11.9. The van der Waals surface area contributed by atoms with E-state index in [0.29, 0.717) is 12.5 Å². The van der Waals surface area contributed by atoms with E-state index in [1.807, 2.05) is 36.4 Å². The third-order valence-corrected chi connectivity index (χ3v) is 5.65. The van der Waals surface area contributed by atoms with Crippen LogP contribution in [0.25, 0.3) is 22.4 Å². The van der Waals surface area contributed by atoms with Crippen LogP contribution >= 0.6 is 0 Å². The standard InChI is InChI=1S/C26H24N4O2/c1-17(2)19-5-3-18(4-6-19)16-32-22-9-7-20(8-10-22)24-25(21-11-13-27-14-12-21)29-30-15-23(31)28-26(24)30/h3-14,17H,15-16H2,1-2H3,(H,28,31). The first-order valence-electron chi connectivity index (χ1n) is 10.7. The number of ether oxygens (including phenoxy) is 1. The highest BCUT2D eigenvalue weighted by molar-refractivity contribution is 6.01. The van der Waals surface area contributed by atoms with Gasteiger partial charge in [0.05, 0.1) is 5.56 Å². The smallest absolute Gasteiger partial charge is 0.247 e. The molecule has 160 valence electrons. The van der Waals surface area contributed by atoms with Crippen molar-refractivity contribution in [2.75, 3.05) is 5.32 Å². The van der Waals surface area contributed by atoms with Crippen molar-refractivity contribution in [1.29, 1.82) is 0 Å². The van der Waals surface area contributed by atoms with E-state index in [2.05, 4.69) is 53.5 Å². The van der Waals surface area contributed by atoms with Gasteiger partial charge in [-0.05, 0) is 46.9 Å². The fraction of sp³-hybridized carbons (Fsp3) is 0.192. The first-order valence-corrected chi connectivity index (χ1v) is 10.7. The summed E-state index contributed by atoms with van der Waals surface area (Å²) in [5.74, 6) is 1.98. The maximum atomic E-state index is 11.9. The number of hydrogen-bond donors (Lipinski definition) is 1. The molecule has 32 heavy (non-hydrogen) atoms. The lowest BCUT2D eigenvalue weighted by Gasteiger charge is -2.10. The van der Waals surface area contributed by atoms with E-state index in [4.69, 9.17) is 4.74 Å². The molecule has 6 nitrogen and oxygen atoms in total. The number of nitrogens with one attached hydrogen (secondary N) is 1. The Labute approximate surface area is 186 Å². The van der Waals surface area contributed by atoms with E-state index < -0.39 is 0 Å². The lowest BCUT2D eigenvalue weighted by Crippen LogP contribution is -2.07. The molecule has 6 heteroatoms. The minimum absolute atomic E-state index is 0.0570. The molecule has 1 aliphatic rings. The average molecular weight is 425 g/mol. The van der Waals surface area contributed by atoms with Gasteiger partial charge in [0.15, 0.2) is 0 Å². The second-order valence-corrected chi connectivity index (χ2v) is 8.22. The van der Waals surface area contributed by atoms with Gasteiger partial charge in [0.1, 0.15) is 30.4 Å². The summed E-state index contributed by atoms with van der Waals surface area (Å²) in [6, 6.07) is 20.3. The molecule has 1 N–H and O–H groups in total. The fourth-order valence-electron chi connectivity index (χ4n) is 3.88. The lowest BCUT2D eigenvalue weighted by molar-refractivity contribution is -0.115. The molecule has 2 aromatic heterocycles. The minimum Gasteiger partial charge on any atom is -0.489 e. The predicted octanol–water partition coefficient (Wildman–Crippen LogP) is 5.27. The van der Waals surface area contributed by atoms with Crippen LogP contribution in [0.2, 0.25) is 0 Å². The molecule has 4 aromatic rings. The van der Waals surface area contributed by atoms with Crippen molar-refractivity contribution in [1.82, 2.24) is 14.8 Å². The van der Waals surface area contributed by atoms with Gasteiger partial charge < -0.3 is 10.1 Å². The van der Waals surface area contributed by atoms with E-state index >= 15 is 0 Å². The van der Waals surface area contributed by atoms with Crippen LogP contribution in [0.3, 0.4) is 0 Å². The number of amides is 1. The highest BCUT2D eigenvalue weighted by atomic mass is 16.5. The fourth-order valence-corrected chi connectivity index (χ4v) is 3.88. The molecule has 0 radical (unpaired) electrons. The number of aromatic nitrogens is 3. The lowest BCUT2D eigenvalue weighted by atomic mass is 10.0. The molecular formula is C26H24N4O2. The van der Waals surface area contributed by atoms with Crippen LogP contribution in [-0.4, -0.2) is 20.7 Å². The van der Waals surface area contributed by atoms with Crippen molar-refractivity contribution in [2.45, 2.75) is 32.9 Å². The third kappa shape index (κ3) is 3.87. The van der Waals surface area contributed by atoms with E-state index in [-0.39, 0.29) is 12.5 Å². The molecule has 0 saturated heterocycles. The first kappa shape index (κ1) is 20.0. The van der Waals surface area contributed by atoms with Crippen LogP contribution in [0.15, 0.2) is 73.1 Å². The number of rotatable bonds is 6. The largest absolute Gasteiger partial charge is 0.489 e. The predicted molar refractivity (Wildman–Crippen MR) is 124 cm³/mol. The Morgan fingerprint density at radius 2 is 1.69 bits per heavy atom. The number of fused-ring (bicyclic) bond motifs is 1. The normalized spacial score (nSPS) is 12.7. The van der Waals surface area contributed by atoms with Crippen molar-refractivity contribution in [3.63, 3.8) is 0 Å². The van der Waals surface area contributed by atoms with Gasteiger partial charge in [-0.25, -0.2) is 4.68 Å². The van der Waals surface area contributed by atoms with Crippen molar-refractivity contribution in [2.24, 2.45) is 0 Å². The third-order valence-electron chi connectivity index (χ3n) is 5.65. The average Bonchev–Trinajstić information content (AvgIpc) is 3.35. The topological polar surface area (TPSA) is 69.0 Å². The maximum Gasteiger partial charge on any atom is 0.247 e. The van der Waals surface area contributed by atoms with Gasteiger partial charge in [0.2, 0.25) is 5.91 Å². The molecule has 2 aromatic carbocycles. The second-order valence-electron chi connectivity index (χ2n) is 8.22. The number of pyridine rings is 1. The first-order chi connectivity index (χ1) is 15.6. The summed E-state index contributed by atoms with van der Waals surface area (Å²) in [5.41, 5.74) is 6.10. The van der Waals surface area contributed by atoms with Crippen LogP contribution in [0.5, 0.6) is 5.75 Å². The van der Waals surface area contributed by atoms with Gasteiger partial charge >= 0.3 is 0 Å². The Morgan fingerprint density at radius 1 is 0.969 bits per heavy atom. The van der Waals surface area contributed by atoms with Gasteiger partial charge in [-0.15, -0.1) is 0 Å². The van der Waals surface area contributed by atoms with E-state index in [0.717, 1.165) is 39.5 Å². The van der Waals surface area contributed by atoms with Crippen LogP contribution in [0.4, 0.5) is 5.82 Å². The number of anilines is 1. The van der Waals surface area contributed by atoms with E-state index in [9.17, 15) is 4.79 Å². The zero-order chi connectivity index (χ0) is 22.1. The number of benzene rings is 2. The number of carbonyl (C=O) groups is 1. The van der Waals surface area contributed by atoms with Crippen LogP contribution in [0.1, 0.15) is 30.9 Å². The van der Waals surface area contributed by atoms with Crippen molar-refractivity contribution >= 4 is 11.7 Å². The summed E-state index contributed by atoms with van der Waals surface area (Å²) in [5, 5.41) is 7.62. The molecule has 0 saturated carbocycles. The second kappa shape index (κ2) is 8.30. The molecule has 0 bridgehead atoms. The highest BCUT2D eigenvalue weighted by Crippen LogP contribution is 2.39. The molecule has 1 aliphatic heterocycles. The molecule has 0 atom stereocenters. The minimum atomic E-state index is -0.0570. The molecule has 0 fully saturated rings. The summed E-state index contributed by atoms with van der Waals surface area (Å²) < 4.78 is 7.71. The molecule has 5 rings (SSSR count). The summed E-state index contributed by atoms with van der Waals surface area (Å²) >= 11 is 0. The molecule has 0 unspecified atom stereocenters. The zero-order valence-corrected chi connectivity index (χ0v) is 18.1. The van der Waals surface area contributed by atoms with E-state index in [1.54, 1.807) is 17.1 Å². The van der Waals surface area contributed by atoms with Gasteiger partial charge in [-0.3, -0.25) is 9.78 Å². The molecule has 0 aliphatic carbocycles. The van der Waals surface area contributed by atoms with Crippen molar-refractivity contribution < 1.29 is 9.53 Å². The summed E-state index contributed by atoms with van der Waals surface area (Å²) in [4.78, 5) is 16.0. The number of hydrogen-bond acceptors (Lipinski definition) is 4. The Morgan fingerprint density at radius 3 is 2.38 bits per heavy atom. The van der Waals surface area contributed by atoms with E-state index in [1.165, 1.54) is 5.56 Å². The van der Waals surface area contributed by atoms with Crippen molar-refractivity contribution in [3.05, 3.63) is 84.2 Å². The van der Waals surface area contributed by atoms with Gasteiger partial charge in [0.25, 0.3) is 0 Å². The van der Waals surface area contributed by atoms with Crippen LogP contribution in [-0.2, 0) is 17.9 Å². The SMILES string of the molecule is CC(C)c1ccc(COc2ccc(-c3c(-c4ccncc4)nn4c3NC(=O)C4)cc2)cc1. The Balaban J connectivity index is 1.39. The molecule has 1 amide bonds. The number of nitrogens with zero attached hydrogens (tertiary/aromatic N) is 3. The van der Waals surface area contributed by atoms with Gasteiger partial charge in [-0.2, -0.15) is 5.10 Å². The van der Waals surface area contributed by atoms with Crippen molar-refractivity contribution in [3.8, 4) is 28.1 Å². The van der Waals surface area contributed by atoms with Crippen LogP contribution in [0, 0.1) is 0 Å². The van der Waals surface area contributed by atoms with Gasteiger partial charge in [0, 0.05) is 18.0 Å². The van der Waals surface area contributed by atoms with Gasteiger partial charge in [-0.1, -0.05) is 50.2 Å². The summed E-state index contributed by atoms with van der Waals surface area (Å²) in [6.07, 6.45) is 3.49. The number of carbonyl (C=O) groups excluding carboxylic acids is 1. The monoisotopic (exact) mass is 424 g/mol. The Kier molecular flexibility index (Phi) is 5.19. The molecular weight excluding hydrogens is 400 g/mol. The Bertz CT molecular complexity index is 1240. The molecule has 3 heterocycles. The highest BCUT2D eigenvalue weighted by Gasteiger charge is 2.27. The molecule has 0 spiro atoms. The summed E-state index contributed by atoms with van der Waals surface area (Å²) in [7, 11) is 0. The summed E-state index contributed by atoms with van der Waals surface area (Å²) in [6.45, 7) is 5.12.